The minimum Gasteiger partial charge on any atom is -0.475 e. The van der Waals surface area contributed by atoms with Gasteiger partial charge >= 0.3 is 12.1 Å². The average Bonchev–Trinajstić information content (AvgIpc) is 3.00. The zero-order valence-corrected chi connectivity index (χ0v) is 16.6. The number of hydrogen-bond donors (Lipinski definition) is 4. The highest BCUT2D eigenvalue weighted by Gasteiger charge is 2.38. The first-order valence-electron chi connectivity index (χ1n) is 9.40. The van der Waals surface area contributed by atoms with E-state index in [1.807, 2.05) is 0 Å². The number of amides is 1. The van der Waals surface area contributed by atoms with E-state index in [0.717, 1.165) is 6.42 Å². The van der Waals surface area contributed by atoms with Crippen LogP contribution in [0.3, 0.4) is 0 Å². The first-order valence-corrected chi connectivity index (χ1v) is 9.40. The van der Waals surface area contributed by atoms with Crippen molar-refractivity contribution in [3.05, 3.63) is 12.3 Å². The predicted molar refractivity (Wildman–Crippen MR) is 100 cm³/mol. The van der Waals surface area contributed by atoms with E-state index in [4.69, 9.17) is 15.6 Å². The highest BCUT2D eigenvalue weighted by molar-refractivity contribution is 5.93. The molecule has 0 saturated heterocycles. The summed E-state index contributed by atoms with van der Waals surface area (Å²) in [6.07, 6.45) is 3.57. The summed E-state index contributed by atoms with van der Waals surface area (Å²) in [4.78, 5) is 21.0. The van der Waals surface area contributed by atoms with Crippen molar-refractivity contribution in [1.82, 2.24) is 9.78 Å². The molecule has 1 fully saturated rings. The van der Waals surface area contributed by atoms with Crippen LogP contribution in [0.15, 0.2) is 12.3 Å². The number of nitrogens with two attached hydrogens (primary N) is 1. The molecule has 0 bridgehead atoms. The highest BCUT2D eigenvalue weighted by atomic mass is 19.4. The van der Waals surface area contributed by atoms with Crippen LogP contribution in [0.5, 0.6) is 0 Å². The predicted octanol–water partition coefficient (Wildman–Crippen LogP) is 2.52. The minimum atomic E-state index is -5.08. The van der Waals surface area contributed by atoms with Crippen molar-refractivity contribution in [1.29, 1.82) is 0 Å². The van der Waals surface area contributed by atoms with E-state index < -0.39 is 23.8 Å². The summed E-state index contributed by atoms with van der Waals surface area (Å²) in [5.74, 6) is -1.89. The zero-order chi connectivity index (χ0) is 22.2. The van der Waals surface area contributed by atoms with Gasteiger partial charge in [-0.25, -0.2) is 4.79 Å². The Morgan fingerprint density at radius 1 is 1.31 bits per heavy atom. The Kier molecular flexibility index (Phi) is 9.09. The van der Waals surface area contributed by atoms with Gasteiger partial charge in [0, 0.05) is 12.3 Å². The van der Waals surface area contributed by atoms with E-state index >= 15 is 0 Å². The van der Waals surface area contributed by atoms with E-state index in [9.17, 15) is 23.1 Å². The molecule has 1 aliphatic carbocycles. The Morgan fingerprint density at radius 2 is 1.86 bits per heavy atom. The third kappa shape index (κ3) is 10.3. The molecule has 0 spiro atoms. The minimum absolute atomic E-state index is 0.181. The standard InChI is InChI=1S/C16H28N4O2.C2HF3O2/c1-16(2,22)11-20-9-8-14(19-20)18-15(21)13(17)10-12-6-4-3-5-7-12;3-2(4,5)1(6)7/h8-9,12-13,22H,3-7,10-11,17H2,1-2H3,(H,18,19,21);(H,6,7)/t13-;/m0./s1. The highest BCUT2D eigenvalue weighted by Crippen LogP contribution is 2.27. The maximum absolute atomic E-state index is 12.1. The van der Waals surface area contributed by atoms with Crippen LogP contribution in [0.1, 0.15) is 52.4 Å². The van der Waals surface area contributed by atoms with Crippen molar-refractivity contribution in [3.63, 3.8) is 0 Å². The summed E-state index contributed by atoms with van der Waals surface area (Å²) in [6.45, 7) is 3.80. The molecule has 8 nitrogen and oxygen atoms in total. The van der Waals surface area contributed by atoms with Crippen LogP contribution in [0.25, 0.3) is 0 Å². The van der Waals surface area contributed by atoms with E-state index in [1.54, 1.807) is 30.8 Å². The number of aliphatic hydroxyl groups is 1. The molecule has 0 radical (unpaired) electrons. The second-order valence-electron chi connectivity index (χ2n) is 7.85. The Labute approximate surface area is 167 Å². The molecule has 1 amide bonds. The van der Waals surface area contributed by atoms with Crippen molar-refractivity contribution >= 4 is 17.7 Å². The van der Waals surface area contributed by atoms with Crippen LogP contribution >= 0.6 is 0 Å². The van der Waals surface area contributed by atoms with Gasteiger partial charge < -0.3 is 21.3 Å². The number of aliphatic carboxylic acids is 1. The van der Waals surface area contributed by atoms with Gasteiger partial charge in [-0.2, -0.15) is 18.3 Å². The average molecular weight is 422 g/mol. The molecule has 0 unspecified atom stereocenters. The molecular weight excluding hydrogens is 393 g/mol. The van der Waals surface area contributed by atoms with Gasteiger partial charge in [0.1, 0.15) is 0 Å². The monoisotopic (exact) mass is 422 g/mol. The van der Waals surface area contributed by atoms with Gasteiger partial charge in [0.05, 0.1) is 18.2 Å². The number of anilines is 1. The van der Waals surface area contributed by atoms with Crippen LogP contribution < -0.4 is 11.1 Å². The molecule has 29 heavy (non-hydrogen) atoms. The van der Waals surface area contributed by atoms with Crippen LogP contribution in [0.2, 0.25) is 0 Å². The Bertz CT molecular complexity index is 665. The molecule has 1 saturated carbocycles. The first-order chi connectivity index (χ1) is 13.3. The largest absolute Gasteiger partial charge is 0.490 e. The summed E-state index contributed by atoms with van der Waals surface area (Å²) >= 11 is 0. The second-order valence-corrected chi connectivity index (χ2v) is 7.85. The van der Waals surface area contributed by atoms with E-state index in [2.05, 4.69) is 10.4 Å². The molecule has 1 atom stereocenters. The number of carboxylic acids is 1. The number of nitrogens with one attached hydrogen (secondary N) is 1. The lowest BCUT2D eigenvalue weighted by atomic mass is 9.85. The fourth-order valence-corrected chi connectivity index (χ4v) is 3.02. The summed E-state index contributed by atoms with van der Waals surface area (Å²) in [5, 5.41) is 23.9. The zero-order valence-electron chi connectivity index (χ0n) is 16.6. The van der Waals surface area contributed by atoms with Gasteiger partial charge in [-0.05, 0) is 26.2 Å². The molecule has 5 N–H and O–H groups in total. The van der Waals surface area contributed by atoms with Gasteiger partial charge in [-0.1, -0.05) is 32.1 Å². The number of hydrogen-bond acceptors (Lipinski definition) is 5. The summed E-state index contributed by atoms with van der Waals surface area (Å²) in [7, 11) is 0. The lowest BCUT2D eigenvalue weighted by Crippen LogP contribution is -2.37. The summed E-state index contributed by atoms with van der Waals surface area (Å²) in [5.41, 5.74) is 5.18. The molecule has 166 valence electrons. The molecule has 2 rings (SSSR count). The third-order valence-electron chi connectivity index (χ3n) is 4.33. The van der Waals surface area contributed by atoms with Crippen molar-refractivity contribution in [3.8, 4) is 0 Å². The van der Waals surface area contributed by atoms with Crippen LogP contribution in [-0.4, -0.2) is 49.7 Å². The maximum Gasteiger partial charge on any atom is 0.490 e. The number of carboxylic acid groups (broad SMARTS) is 1. The first kappa shape index (κ1) is 24.9. The van der Waals surface area contributed by atoms with Crippen molar-refractivity contribution in [2.24, 2.45) is 11.7 Å². The number of carbonyl (C=O) groups excluding carboxylic acids is 1. The molecule has 1 heterocycles. The van der Waals surface area contributed by atoms with Crippen molar-refractivity contribution in [2.75, 3.05) is 5.32 Å². The third-order valence-corrected chi connectivity index (χ3v) is 4.33. The van der Waals surface area contributed by atoms with Gasteiger partial charge in [-0.3, -0.25) is 9.48 Å². The molecule has 0 aromatic carbocycles. The normalized spacial score (nSPS) is 16.5. The van der Waals surface area contributed by atoms with Crippen LogP contribution in [0.4, 0.5) is 19.0 Å². The molecule has 1 aromatic rings. The van der Waals surface area contributed by atoms with Gasteiger partial charge in [-0.15, -0.1) is 0 Å². The fourth-order valence-electron chi connectivity index (χ4n) is 3.02. The lowest BCUT2D eigenvalue weighted by molar-refractivity contribution is -0.192. The van der Waals surface area contributed by atoms with Crippen LogP contribution in [0, 0.1) is 5.92 Å². The Morgan fingerprint density at radius 3 is 2.34 bits per heavy atom. The second kappa shape index (κ2) is 10.6. The maximum atomic E-state index is 12.1. The van der Waals surface area contributed by atoms with Gasteiger partial charge in [0.15, 0.2) is 5.82 Å². The van der Waals surface area contributed by atoms with E-state index in [-0.39, 0.29) is 5.91 Å². The fraction of sp³-hybridized carbons (Fsp3) is 0.722. The van der Waals surface area contributed by atoms with Gasteiger partial charge in [0.25, 0.3) is 0 Å². The number of halogens is 3. The molecular formula is C18H29F3N4O4. The summed E-state index contributed by atoms with van der Waals surface area (Å²) < 4.78 is 33.3. The summed E-state index contributed by atoms with van der Waals surface area (Å²) in [6, 6.07) is 1.24. The number of carbonyl (C=O) groups is 2. The smallest absolute Gasteiger partial charge is 0.475 e. The molecule has 11 heteroatoms. The number of alkyl halides is 3. The molecule has 1 aliphatic rings. The Hall–Kier alpha value is -2.14. The molecule has 1 aromatic heterocycles. The quantitative estimate of drug-likeness (QED) is 0.557. The number of nitrogens with zero attached hydrogens (tertiary/aromatic N) is 2. The SMILES string of the molecule is CC(C)(O)Cn1ccc(NC(=O)[C@@H](N)CC2CCCCC2)n1.O=C(O)C(F)(F)F. The topological polar surface area (TPSA) is 130 Å². The Balaban J connectivity index is 0.000000516. The van der Waals surface area contributed by atoms with Gasteiger partial charge in [0.2, 0.25) is 5.91 Å². The van der Waals surface area contributed by atoms with Crippen molar-refractivity contribution < 1.29 is 33.0 Å². The van der Waals surface area contributed by atoms with Crippen LogP contribution in [-0.2, 0) is 16.1 Å². The number of rotatable bonds is 6. The van der Waals surface area contributed by atoms with E-state index in [0.29, 0.717) is 18.3 Å². The van der Waals surface area contributed by atoms with Crippen molar-refractivity contribution in [2.45, 2.75) is 76.7 Å². The lowest BCUT2D eigenvalue weighted by Gasteiger charge is -2.23. The van der Waals surface area contributed by atoms with E-state index in [1.165, 1.54) is 32.1 Å². The number of aromatic nitrogens is 2. The molecule has 0 aliphatic heterocycles.